The van der Waals surface area contributed by atoms with Crippen molar-refractivity contribution in [2.24, 2.45) is 0 Å². The molecular weight excluding hydrogens is 783 g/mol. The number of furan rings is 1. The third kappa shape index (κ3) is 6.98. The molecule has 249 valence electrons. The SMILES string of the molecule is CC(C)c1c[c-]c(-c2cc(C(C)C)c([Si](C)(C)C)cn2)cc1.CC(C)n1c(-c2[c-]ccc3c2oc2ccccc23)nc2ccccc21.[Ir]. The fraction of sp³-hybridized carbons (Fsp3) is 0.286. The first kappa shape index (κ1) is 35.5. The second-order valence-electron chi connectivity index (χ2n) is 14.3. The Kier molecular flexibility index (Phi) is 10.6. The van der Waals surface area contributed by atoms with Crippen molar-refractivity contribution in [3.05, 3.63) is 114 Å². The molecule has 1 radical (unpaired) electrons. The maximum absolute atomic E-state index is 6.18. The number of nitrogens with zero attached hydrogens (tertiary/aromatic N) is 3. The smallest absolute Gasteiger partial charge is 0.120 e. The van der Waals surface area contributed by atoms with Gasteiger partial charge in [0.1, 0.15) is 5.58 Å². The molecule has 0 aliphatic heterocycles. The van der Waals surface area contributed by atoms with Gasteiger partial charge in [-0.15, -0.1) is 53.6 Å². The van der Waals surface area contributed by atoms with Gasteiger partial charge in [-0.2, -0.15) is 0 Å². The molecule has 0 unspecified atom stereocenters. The summed E-state index contributed by atoms with van der Waals surface area (Å²) in [5, 5.41) is 3.71. The summed E-state index contributed by atoms with van der Waals surface area (Å²) in [6, 6.07) is 36.2. The Morgan fingerprint density at radius 1 is 0.792 bits per heavy atom. The van der Waals surface area contributed by atoms with Gasteiger partial charge in [-0.1, -0.05) is 106 Å². The zero-order valence-electron chi connectivity index (χ0n) is 29.5. The molecule has 3 aromatic heterocycles. The molecule has 3 heterocycles. The molecule has 0 spiro atoms. The number of benzene rings is 4. The molecule has 0 aliphatic rings. The van der Waals surface area contributed by atoms with Gasteiger partial charge in [0.05, 0.1) is 30.5 Å². The van der Waals surface area contributed by atoms with Gasteiger partial charge in [-0.25, -0.2) is 0 Å². The molecule has 0 saturated carbocycles. The van der Waals surface area contributed by atoms with Crippen LogP contribution in [-0.4, -0.2) is 22.6 Å². The summed E-state index contributed by atoms with van der Waals surface area (Å²) in [6.07, 6.45) is 2.11. The van der Waals surface area contributed by atoms with E-state index in [1.165, 1.54) is 16.3 Å². The van der Waals surface area contributed by atoms with Crippen LogP contribution < -0.4 is 5.19 Å². The molecule has 7 aromatic rings. The van der Waals surface area contributed by atoms with E-state index in [9.17, 15) is 0 Å². The van der Waals surface area contributed by atoms with Crippen molar-refractivity contribution in [3.8, 4) is 22.6 Å². The van der Waals surface area contributed by atoms with E-state index in [0.717, 1.165) is 55.6 Å². The second-order valence-corrected chi connectivity index (χ2v) is 19.4. The maximum Gasteiger partial charge on any atom is 0.120 e. The van der Waals surface area contributed by atoms with E-state index in [0.29, 0.717) is 11.8 Å². The average molecular weight is 828 g/mol. The Balaban J connectivity index is 0.000000186. The van der Waals surface area contributed by atoms with E-state index in [4.69, 9.17) is 14.4 Å². The molecule has 48 heavy (non-hydrogen) atoms. The molecule has 0 bridgehead atoms. The van der Waals surface area contributed by atoms with E-state index < -0.39 is 8.07 Å². The quantitative estimate of drug-likeness (QED) is 0.124. The number of imidazole rings is 1. The Labute approximate surface area is 300 Å². The molecule has 0 amide bonds. The molecule has 6 heteroatoms. The zero-order valence-corrected chi connectivity index (χ0v) is 32.9. The van der Waals surface area contributed by atoms with Gasteiger partial charge in [-0.05, 0) is 48.8 Å². The zero-order chi connectivity index (χ0) is 33.5. The number of hydrogen-bond donors (Lipinski definition) is 0. The number of pyridine rings is 1. The van der Waals surface area contributed by atoms with E-state index in [2.05, 4.69) is 139 Å². The van der Waals surface area contributed by atoms with Gasteiger partial charge in [0, 0.05) is 37.7 Å². The molecule has 4 aromatic carbocycles. The van der Waals surface area contributed by atoms with Gasteiger partial charge in [0.25, 0.3) is 0 Å². The van der Waals surface area contributed by atoms with E-state index in [1.807, 2.05) is 30.3 Å². The van der Waals surface area contributed by atoms with E-state index >= 15 is 0 Å². The molecule has 7 rings (SSSR count). The number of hydrogen-bond acceptors (Lipinski definition) is 3. The molecular formula is C42H45IrN3OSi-2. The maximum atomic E-state index is 6.18. The van der Waals surface area contributed by atoms with Crippen LogP contribution in [0.1, 0.15) is 70.5 Å². The van der Waals surface area contributed by atoms with Gasteiger partial charge in [0.15, 0.2) is 0 Å². The molecule has 0 saturated heterocycles. The molecule has 0 fully saturated rings. The van der Waals surface area contributed by atoms with Crippen LogP contribution in [0, 0.1) is 12.1 Å². The summed E-state index contributed by atoms with van der Waals surface area (Å²) < 4.78 is 8.44. The predicted octanol–water partition coefficient (Wildman–Crippen LogP) is 11.3. The summed E-state index contributed by atoms with van der Waals surface area (Å²) in [4.78, 5) is 9.63. The van der Waals surface area contributed by atoms with Gasteiger partial charge in [0.2, 0.25) is 0 Å². The van der Waals surface area contributed by atoms with Crippen LogP contribution >= 0.6 is 0 Å². The van der Waals surface area contributed by atoms with Crippen LogP contribution in [0.3, 0.4) is 0 Å². The van der Waals surface area contributed by atoms with Crippen molar-refractivity contribution in [1.29, 1.82) is 0 Å². The summed E-state index contributed by atoms with van der Waals surface area (Å²) in [6.45, 7) is 20.5. The summed E-state index contributed by atoms with van der Waals surface area (Å²) in [5.74, 6) is 1.97. The monoisotopic (exact) mass is 828 g/mol. The largest absolute Gasteiger partial charge is 0.501 e. The molecule has 0 N–H and O–H groups in total. The van der Waals surface area contributed by atoms with E-state index in [-0.39, 0.29) is 26.1 Å². The van der Waals surface area contributed by atoms with Crippen molar-refractivity contribution >= 4 is 46.2 Å². The third-order valence-corrected chi connectivity index (χ3v) is 10.9. The molecule has 4 nitrogen and oxygen atoms in total. The number of fused-ring (bicyclic) bond motifs is 4. The minimum absolute atomic E-state index is 0. The van der Waals surface area contributed by atoms with Crippen LogP contribution in [0.4, 0.5) is 0 Å². The predicted molar refractivity (Wildman–Crippen MR) is 201 cm³/mol. The first-order valence-corrected chi connectivity index (χ1v) is 20.3. The Morgan fingerprint density at radius 3 is 2.19 bits per heavy atom. The van der Waals surface area contributed by atoms with Gasteiger partial charge in [-0.3, -0.25) is 4.98 Å². The van der Waals surface area contributed by atoms with Crippen LogP contribution in [-0.2, 0) is 20.1 Å². The van der Waals surface area contributed by atoms with Crippen LogP contribution in [0.25, 0.3) is 55.6 Å². The van der Waals surface area contributed by atoms with Gasteiger partial charge < -0.3 is 14.0 Å². The standard InChI is InChI=1S/C22H17N2O.C20H28NSi.Ir/c1-14(2)24-19-12-5-4-11-18(19)23-22(24)17-10-7-9-16-15-8-3-6-13-20(15)25-21(16)17;1-14(2)16-8-10-17(11-9-16)19-12-18(15(3)4)20(13-21-19)22(5,6)7;/h3-9,11-14H,1-2H3;8-10,12-15H,1-7H3;/q2*-1;. The van der Waals surface area contributed by atoms with Crippen molar-refractivity contribution in [2.45, 2.75) is 79.1 Å². The molecule has 0 atom stereocenters. The Bertz CT molecular complexity index is 2170. The fourth-order valence-corrected chi connectivity index (χ4v) is 7.96. The van der Waals surface area contributed by atoms with Crippen molar-refractivity contribution < 1.29 is 24.5 Å². The average Bonchev–Trinajstić information content (AvgIpc) is 3.63. The number of para-hydroxylation sites is 3. The van der Waals surface area contributed by atoms with Crippen LogP contribution in [0.5, 0.6) is 0 Å². The van der Waals surface area contributed by atoms with Crippen LogP contribution in [0.2, 0.25) is 19.6 Å². The summed E-state index contributed by atoms with van der Waals surface area (Å²) in [7, 11) is -1.36. The van der Waals surface area contributed by atoms with Gasteiger partial charge >= 0.3 is 0 Å². The minimum atomic E-state index is -1.36. The Hall–Kier alpha value is -3.83. The summed E-state index contributed by atoms with van der Waals surface area (Å²) in [5.41, 5.74) is 9.69. The second kappa shape index (κ2) is 14.3. The topological polar surface area (TPSA) is 43.9 Å². The van der Waals surface area contributed by atoms with E-state index in [1.54, 1.807) is 0 Å². The Morgan fingerprint density at radius 2 is 1.52 bits per heavy atom. The summed E-state index contributed by atoms with van der Waals surface area (Å²) >= 11 is 0. The minimum Gasteiger partial charge on any atom is -0.501 e. The van der Waals surface area contributed by atoms with Crippen LogP contribution in [0.15, 0.2) is 95.5 Å². The first-order valence-electron chi connectivity index (χ1n) is 16.8. The number of aromatic nitrogens is 3. The van der Waals surface area contributed by atoms with Crippen molar-refractivity contribution in [2.75, 3.05) is 0 Å². The first-order chi connectivity index (χ1) is 22.4. The fourth-order valence-electron chi connectivity index (χ4n) is 6.28. The third-order valence-electron chi connectivity index (χ3n) is 8.82. The number of rotatable bonds is 6. The van der Waals surface area contributed by atoms with Crippen molar-refractivity contribution in [3.63, 3.8) is 0 Å². The normalized spacial score (nSPS) is 11.8. The van der Waals surface area contributed by atoms with Crippen molar-refractivity contribution in [1.82, 2.24) is 14.5 Å². The molecule has 0 aliphatic carbocycles.